The van der Waals surface area contributed by atoms with Crippen molar-refractivity contribution in [2.75, 3.05) is 6.54 Å². The van der Waals surface area contributed by atoms with Gasteiger partial charge >= 0.3 is 23.3 Å². The maximum absolute atomic E-state index is 13.3. The van der Waals surface area contributed by atoms with Crippen molar-refractivity contribution in [2.24, 2.45) is 0 Å². The molecule has 0 rings (SSSR count). The fraction of sp³-hybridized carbons (Fsp3) is 1.00. The van der Waals surface area contributed by atoms with E-state index >= 15 is 0 Å². The molecule has 0 radical (unpaired) electrons. The third-order valence-electron chi connectivity index (χ3n) is 3.53. The van der Waals surface area contributed by atoms with Gasteiger partial charge in [-0.05, 0) is 6.42 Å². The second-order valence-corrected chi connectivity index (χ2v) is 7.49. The van der Waals surface area contributed by atoms with E-state index in [1.807, 2.05) is 6.92 Å². The van der Waals surface area contributed by atoms with E-state index < -0.39 is 39.8 Å². The van der Waals surface area contributed by atoms with Crippen LogP contribution in [0, 0.1) is 0 Å². The quantitative estimate of drug-likeness (QED) is 0.350. The first-order valence-electron chi connectivity index (χ1n) is 7.75. The lowest BCUT2D eigenvalue weighted by Gasteiger charge is -2.33. The highest BCUT2D eigenvalue weighted by Crippen LogP contribution is 2.54. The average molecular weight is 425 g/mol. The Morgan fingerprint density at radius 2 is 1.12 bits per heavy atom. The number of halogens is 9. The van der Waals surface area contributed by atoms with Gasteiger partial charge in [-0.2, -0.15) is 39.5 Å². The second kappa shape index (κ2) is 8.98. The Kier molecular flexibility index (Phi) is 8.73. The Bertz CT molecular complexity index is 532. The molecule has 13 heteroatoms. The van der Waals surface area contributed by atoms with Gasteiger partial charge in [-0.1, -0.05) is 45.4 Å². The van der Waals surface area contributed by atoms with Gasteiger partial charge in [0.25, 0.3) is 10.0 Å². The van der Waals surface area contributed by atoms with Gasteiger partial charge in [0.2, 0.25) is 0 Å². The Morgan fingerprint density at radius 1 is 0.692 bits per heavy atom. The minimum absolute atomic E-state index is 0.0668. The van der Waals surface area contributed by atoms with Crippen molar-refractivity contribution >= 4 is 10.0 Å². The molecule has 0 amide bonds. The zero-order chi connectivity index (χ0) is 20.9. The number of alkyl halides is 9. The third-order valence-corrected chi connectivity index (χ3v) is 5.04. The van der Waals surface area contributed by atoms with Crippen molar-refractivity contribution in [3.63, 3.8) is 0 Å². The number of rotatable bonds is 12. The molecule has 0 aliphatic rings. The van der Waals surface area contributed by atoms with Crippen LogP contribution in [0.15, 0.2) is 0 Å². The molecule has 0 fully saturated rings. The van der Waals surface area contributed by atoms with Crippen LogP contribution in [-0.2, 0) is 10.0 Å². The average Bonchev–Trinajstić information content (AvgIpc) is 2.48. The van der Waals surface area contributed by atoms with Gasteiger partial charge in [0.15, 0.2) is 0 Å². The van der Waals surface area contributed by atoms with E-state index in [0.717, 1.165) is 30.4 Å². The first-order valence-corrected chi connectivity index (χ1v) is 9.24. The van der Waals surface area contributed by atoms with E-state index in [4.69, 9.17) is 0 Å². The molecular formula is C13H20F9NO2S. The molecule has 0 aromatic carbocycles. The zero-order valence-corrected chi connectivity index (χ0v) is 14.6. The summed E-state index contributed by atoms with van der Waals surface area (Å²) >= 11 is 0. The topological polar surface area (TPSA) is 46.2 Å². The monoisotopic (exact) mass is 425 g/mol. The molecule has 3 nitrogen and oxygen atoms in total. The first-order chi connectivity index (χ1) is 11.6. The summed E-state index contributed by atoms with van der Waals surface area (Å²) < 4.78 is 137. The third kappa shape index (κ3) is 5.40. The smallest absolute Gasteiger partial charge is 0.210 e. The van der Waals surface area contributed by atoms with Gasteiger partial charge in [-0.3, -0.25) is 0 Å². The van der Waals surface area contributed by atoms with Crippen molar-refractivity contribution in [2.45, 2.75) is 75.1 Å². The van der Waals surface area contributed by atoms with Gasteiger partial charge in [0.05, 0.1) is 0 Å². The predicted octanol–water partition coefficient (Wildman–Crippen LogP) is 5.08. The molecule has 0 aromatic heterocycles. The normalized spacial score (nSPS) is 14.7. The molecule has 0 unspecified atom stereocenters. The lowest BCUT2D eigenvalue weighted by atomic mass is 10.1. The molecule has 1 N–H and O–H groups in total. The summed E-state index contributed by atoms with van der Waals surface area (Å²) in [5.41, 5.74) is 0. The van der Waals surface area contributed by atoms with E-state index in [9.17, 15) is 47.9 Å². The number of hydrogen-bond donors (Lipinski definition) is 1. The minimum Gasteiger partial charge on any atom is -0.210 e. The van der Waals surface area contributed by atoms with Crippen LogP contribution in [0.25, 0.3) is 0 Å². The molecule has 0 heterocycles. The van der Waals surface area contributed by atoms with Gasteiger partial charge < -0.3 is 0 Å². The summed E-state index contributed by atoms with van der Waals surface area (Å²) in [6, 6.07) is 0. The summed E-state index contributed by atoms with van der Waals surface area (Å²) in [7, 11) is -6.48. The van der Waals surface area contributed by atoms with E-state index in [-0.39, 0.29) is 6.42 Å². The molecular weight excluding hydrogens is 405 g/mol. The molecule has 0 atom stereocenters. The van der Waals surface area contributed by atoms with Crippen molar-refractivity contribution in [3.8, 4) is 0 Å². The van der Waals surface area contributed by atoms with Crippen LogP contribution in [-0.4, -0.2) is 38.2 Å². The fourth-order valence-corrected chi connectivity index (χ4v) is 2.97. The largest absolute Gasteiger partial charge is 0.460 e. The Morgan fingerprint density at radius 3 is 1.54 bits per heavy atom. The minimum atomic E-state index is -7.24. The van der Waals surface area contributed by atoms with Crippen LogP contribution >= 0.6 is 0 Å². The van der Waals surface area contributed by atoms with Gasteiger partial charge in [-0.25, -0.2) is 13.1 Å². The van der Waals surface area contributed by atoms with Crippen molar-refractivity contribution in [1.82, 2.24) is 4.72 Å². The second-order valence-electron chi connectivity index (χ2n) is 5.68. The number of hydrogen-bond acceptors (Lipinski definition) is 2. The van der Waals surface area contributed by atoms with Crippen LogP contribution in [0.2, 0.25) is 0 Å². The highest BCUT2D eigenvalue weighted by molar-refractivity contribution is 7.90. The summed E-state index contributed by atoms with van der Waals surface area (Å²) in [5.74, 6) is -14.4. The Labute approximate surface area is 145 Å². The molecule has 0 saturated carbocycles. The molecule has 0 saturated heterocycles. The maximum atomic E-state index is 13.3. The molecule has 26 heavy (non-hydrogen) atoms. The van der Waals surface area contributed by atoms with Crippen LogP contribution in [0.4, 0.5) is 39.5 Å². The summed E-state index contributed by atoms with van der Waals surface area (Å²) in [4.78, 5) is 0. The highest BCUT2D eigenvalue weighted by Gasteiger charge is 2.85. The van der Waals surface area contributed by atoms with E-state index in [1.165, 1.54) is 0 Å². The number of sulfonamides is 1. The Hall–Kier alpha value is -0.720. The van der Waals surface area contributed by atoms with Crippen LogP contribution in [0.5, 0.6) is 0 Å². The van der Waals surface area contributed by atoms with E-state index in [2.05, 4.69) is 0 Å². The van der Waals surface area contributed by atoms with Crippen molar-refractivity contribution in [1.29, 1.82) is 0 Å². The van der Waals surface area contributed by atoms with Crippen LogP contribution in [0.3, 0.4) is 0 Å². The zero-order valence-electron chi connectivity index (χ0n) is 13.8. The SMILES string of the molecule is CCCCCCCCCNS(=O)(=O)C(F)(F)C(F)(F)C(F)(F)C(F)(F)F. The summed E-state index contributed by atoms with van der Waals surface area (Å²) in [6.07, 6.45) is -2.61. The molecule has 0 aromatic rings. The molecule has 0 aliphatic carbocycles. The standard InChI is InChI=1S/C13H20F9NO2S/c1-2-3-4-5-6-7-8-9-23-26(24,25)13(21,22)11(16,17)10(14,15)12(18,19)20/h23H,2-9H2,1H3. The highest BCUT2D eigenvalue weighted by atomic mass is 32.2. The van der Waals surface area contributed by atoms with Crippen LogP contribution < -0.4 is 4.72 Å². The predicted molar refractivity (Wildman–Crippen MR) is 75.8 cm³/mol. The molecule has 0 spiro atoms. The van der Waals surface area contributed by atoms with Gasteiger partial charge in [0.1, 0.15) is 0 Å². The Balaban J connectivity index is 4.90. The first kappa shape index (κ1) is 25.3. The summed E-state index contributed by atoms with van der Waals surface area (Å²) in [6.45, 7) is 1.17. The number of unbranched alkanes of at least 4 members (excludes halogenated alkanes) is 6. The van der Waals surface area contributed by atoms with E-state index in [0.29, 0.717) is 12.8 Å². The lowest BCUT2D eigenvalue weighted by molar-refractivity contribution is -0.382. The molecule has 0 aliphatic heterocycles. The van der Waals surface area contributed by atoms with Crippen molar-refractivity contribution < 1.29 is 47.9 Å². The van der Waals surface area contributed by atoms with Crippen molar-refractivity contribution in [3.05, 3.63) is 0 Å². The van der Waals surface area contributed by atoms with E-state index in [1.54, 1.807) is 0 Å². The fourth-order valence-electron chi connectivity index (χ4n) is 1.91. The lowest BCUT2D eigenvalue weighted by Crippen LogP contribution is -2.64. The number of nitrogens with one attached hydrogen (secondary N) is 1. The van der Waals surface area contributed by atoms with Gasteiger partial charge in [0, 0.05) is 6.54 Å². The van der Waals surface area contributed by atoms with Crippen LogP contribution in [0.1, 0.15) is 51.9 Å². The molecule has 158 valence electrons. The molecule has 0 bridgehead atoms. The maximum Gasteiger partial charge on any atom is 0.460 e. The summed E-state index contributed by atoms with van der Waals surface area (Å²) in [5, 5.41) is -6.67. The van der Waals surface area contributed by atoms with Gasteiger partial charge in [-0.15, -0.1) is 0 Å².